The fourth-order valence-electron chi connectivity index (χ4n) is 5.64. The molecule has 22 heteroatoms. The van der Waals surface area contributed by atoms with Crippen LogP contribution in [0.5, 0.6) is 0 Å². The highest BCUT2D eigenvalue weighted by molar-refractivity contribution is 5.78. The number of ether oxygens (including phenoxy) is 8. The summed E-state index contributed by atoms with van der Waals surface area (Å²) in [5, 5.41) is 33.7. The highest BCUT2D eigenvalue weighted by Gasteiger charge is 2.21. The lowest BCUT2D eigenvalue weighted by atomic mass is 10.2. The van der Waals surface area contributed by atoms with Crippen molar-refractivity contribution in [3.05, 3.63) is 0 Å². The maximum atomic E-state index is 12.8. The fraction of sp³-hybridized carbons (Fsp3) is 0.872. The monoisotopic (exact) mass is 883 g/mol. The Kier molecular flexibility index (Phi) is 36.4. The first-order valence-corrected chi connectivity index (χ1v) is 21.3. The second kappa shape index (κ2) is 39.7. The Labute approximate surface area is 360 Å². The molecule has 22 nitrogen and oxygen atoms in total. The zero-order chi connectivity index (χ0) is 44.6. The van der Waals surface area contributed by atoms with Crippen molar-refractivity contribution in [2.75, 3.05) is 197 Å². The first kappa shape index (κ1) is 55.9. The van der Waals surface area contributed by atoms with Gasteiger partial charge in [-0.3, -0.25) is 43.6 Å². The van der Waals surface area contributed by atoms with Gasteiger partial charge in [0.25, 0.3) is 0 Å². The fourth-order valence-corrected chi connectivity index (χ4v) is 5.64. The van der Waals surface area contributed by atoms with Gasteiger partial charge in [0.05, 0.1) is 132 Å². The zero-order valence-corrected chi connectivity index (χ0v) is 36.3. The second-order valence-corrected chi connectivity index (χ2v) is 14.0. The van der Waals surface area contributed by atoms with Crippen molar-refractivity contribution in [2.24, 2.45) is 0 Å². The van der Waals surface area contributed by atoms with Gasteiger partial charge in [0.1, 0.15) is 0 Å². The average Bonchev–Trinajstić information content (AvgIpc) is 3.21. The number of aliphatic carboxylic acids is 3. The molecule has 2 amide bonds. The zero-order valence-electron chi connectivity index (χ0n) is 36.3. The molecule has 0 radical (unpaired) electrons. The van der Waals surface area contributed by atoms with E-state index in [9.17, 15) is 39.3 Å². The topological polar surface area (TPSA) is 257 Å². The largest absolute Gasteiger partial charge is 0.480 e. The van der Waals surface area contributed by atoms with Gasteiger partial charge < -0.3 is 63.8 Å². The molecule has 1 aliphatic rings. The molecule has 0 aromatic heterocycles. The Morgan fingerprint density at radius 2 is 0.639 bits per heavy atom. The number of unbranched alkanes of at least 4 members (excludes halogenated alkanes) is 1. The number of carboxylic acids is 3. The molecule has 61 heavy (non-hydrogen) atoms. The lowest BCUT2D eigenvalue weighted by Crippen LogP contribution is -2.50. The van der Waals surface area contributed by atoms with E-state index in [0.717, 1.165) is 12.8 Å². The van der Waals surface area contributed by atoms with Crippen molar-refractivity contribution in [1.82, 2.24) is 30.2 Å². The number of hydrogen-bond acceptors (Lipinski definition) is 17. The Hall–Kier alpha value is -3.13. The number of carbonyl (C=O) groups excluding carboxylic acids is 2. The van der Waals surface area contributed by atoms with E-state index in [2.05, 4.69) is 17.6 Å². The minimum absolute atomic E-state index is 0.0327. The van der Waals surface area contributed by atoms with Crippen molar-refractivity contribution >= 4 is 29.7 Å². The normalized spacial score (nSPS) is 15.2. The third kappa shape index (κ3) is 37.2. The third-order valence-electron chi connectivity index (χ3n) is 8.87. The number of nitrogens with zero attached hydrogens (tertiary/aromatic N) is 4. The summed E-state index contributed by atoms with van der Waals surface area (Å²) in [6.45, 7) is 11.5. The average molecular weight is 883 g/mol. The Morgan fingerprint density at radius 3 is 0.902 bits per heavy atom. The van der Waals surface area contributed by atoms with E-state index < -0.39 is 17.9 Å². The Balaban J connectivity index is 2.02. The van der Waals surface area contributed by atoms with Crippen LogP contribution >= 0.6 is 0 Å². The van der Waals surface area contributed by atoms with E-state index in [-0.39, 0.29) is 51.1 Å². The molecule has 0 bridgehead atoms. The highest BCUT2D eigenvalue weighted by atomic mass is 16.6. The van der Waals surface area contributed by atoms with Gasteiger partial charge in [0, 0.05) is 71.9 Å². The Morgan fingerprint density at radius 1 is 0.393 bits per heavy atom. The minimum Gasteiger partial charge on any atom is -0.480 e. The van der Waals surface area contributed by atoms with Crippen LogP contribution in [0.2, 0.25) is 0 Å². The van der Waals surface area contributed by atoms with Gasteiger partial charge in [-0.25, -0.2) is 0 Å². The van der Waals surface area contributed by atoms with Crippen LogP contribution in [0.3, 0.4) is 0 Å². The third-order valence-corrected chi connectivity index (χ3v) is 8.87. The summed E-state index contributed by atoms with van der Waals surface area (Å²) in [7, 11) is 0. The molecule has 0 spiro atoms. The van der Waals surface area contributed by atoms with E-state index in [0.29, 0.717) is 164 Å². The van der Waals surface area contributed by atoms with E-state index in [1.807, 2.05) is 4.90 Å². The predicted molar refractivity (Wildman–Crippen MR) is 221 cm³/mol. The molecule has 0 aromatic carbocycles. The Bertz CT molecular complexity index is 1110. The van der Waals surface area contributed by atoms with Crippen LogP contribution in [-0.4, -0.2) is 262 Å². The van der Waals surface area contributed by atoms with Gasteiger partial charge in [-0.15, -0.1) is 0 Å². The molecule has 0 atom stereocenters. The molecule has 1 rings (SSSR count). The van der Waals surface area contributed by atoms with Crippen LogP contribution in [0.25, 0.3) is 0 Å². The van der Waals surface area contributed by atoms with Crippen molar-refractivity contribution in [2.45, 2.75) is 26.2 Å². The summed E-state index contributed by atoms with van der Waals surface area (Å²) in [5.74, 6) is -3.23. The molecule has 1 aliphatic heterocycles. The van der Waals surface area contributed by atoms with Crippen LogP contribution in [0.1, 0.15) is 26.2 Å². The van der Waals surface area contributed by atoms with E-state index in [4.69, 9.17) is 37.9 Å². The predicted octanol–water partition coefficient (Wildman–Crippen LogP) is -1.98. The minimum atomic E-state index is -1.02. The van der Waals surface area contributed by atoms with Crippen LogP contribution in [0.15, 0.2) is 0 Å². The van der Waals surface area contributed by atoms with Gasteiger partial charge in [-0.05, 0) is 6.42 Å². The van der Waals surface area contributed by atoms with Crippen LogP contribution in [0.4, 0.5) is 0 Å². The maximum absolute atomic E-state index is 12.8. The first-order valence-electron chi connectivity index (χ1n) is 21.3. The van der Waals surface area contributed by atoms with Gasteiger partial charge in [-0.2, -0.15) is 0 Å². The van der Waals surface area contributed by atoms with Crippen molar-refractivity contribution in [1.29, 1.82) is 0 Å². The second-order valence-electron chi connectivity index (χ2n) is 14.0. The molecule has 0 saturated carbocycles. The van der Waals surface area contributed by atoms with E-state index in [1.54, 1.807) is 14.7 Å². The van der Waals surface area contributed by atoms with Crippen LogP contribution in [0, 0.1) is 0 Å². The SMILES string of the molecule is CCCCC(=O)NCCOCCOCCOCCOCCOCCOCCOCCOCCNC(=O)CN1CCN(CC(=O)O)CCN(CC(=O)O)CCN(CC(=O)O)CC1. The van der Waals surface area contributed by atoms with E-state index in [1.165, 1.54) is 0 Å². The molecule has 1 fully saturated rings. The number of carboxylic acid groups (broad SMARTS) is 3. The molecule has 0 unspecified atom stereocenters. The maximum Gasteiger partial charge on any atom is 0.317 e. The number of nitrogens with one attached hydrogen (secondary N) is 2. The van der Waals surface area contributed by atoms with Crippen molar-refractivity contribution in [3.8, 4) is 0 Å². The number of amides is 2. The van der Waals surface area contributed by atoms with Gasteiger partial charge in [0.15, 0.2) is 0 Å². The summed E-state index contributed by atoms with van der Waals surface area (Å²) in [6, 6.07) is 0. The van der Waals surface area contributed by atoms with Crippen LogP contribution in [-0.2, 0) is 61.9 Å². The molecule has 5 N–H and O–H groups in total. The first-order chi connectivity index (χ1) is 29.6. The molecular formula is C39H74N6O16. The summed E-state index contributed by atoms with van der Waals surface area (Å²) in [4.78, 5) is 65.5. The quantitative estimate of drug-likeness (QED) is 0.0421. The highest BCUT2D eigenvalue weighted by Crippen LogP contribution is 2.02. The van der Waals surface area contributed by atoms with Crippen LogP contribution < -0.4 is 10.6 Å². The molecule has 0 aromatic rings. The lowest BCUT2D eigenvalue weighted by molar-refractivity contribution is -0.140. The molecule has 1 heterocycles. The number of hydrogen-bond donors (Lipinski definition) is 5. The smallest absolute Gasteiger partial charge is 0.317 e. The van der Waals surface area contributed by atoms with Gasteiger partial charge in [0.2, 0.25) is 11.8 Å². The number of rotatable bonds is 38. The summed E-state index contributed by atoms with van der Waals surface area (Å²) >= 11 is 0. The lowest BCUT2D eigenvalue weighted by Gasteiger charge is -2.32. The summed E-state index contributed by atoms with van der Waals surface area (Å²) in [6.07, 6.45) is 2.46. The van der Waals surface area contributed by atoms with E-state index >= 15 is 0 Å². The standard InChI is InChI=1S/C39H74N6O16/c1-2-3-4-35(46)40-5-15-54-17-19-56-21-23-58-25-27-60-29-30-61-28-26-59-24-22-57-20-18-55-16-6-41-36(47)31-42-7-9-43(32-37(48)49)11-13-45(34-39(52)53)14-12-44(10-8-42)33-38(50)51/h2-34H2,1H3,(H,40,46)(H,41,47)(H,48,49)(H,50,51)(H,52,53). The summed E-state index contributed by atoms with van der Waals surface area (Å²) < 4.78 is 43.9. The van der Waals surface area contributed by atoms with Gasteiger partial charge >= 0.3 is 17.9 Å². The van der Waals surface area contributed by atoms with Gasteiger partial charge in [-0.1, -0.05) is 13.3 Å². The van der Waals surface area contributed by atoms with Crippen molar-refractivity contribution < 1.29 is 77.2 Å². The molecule has 1 saturated heterocycles. The molecule has 356 valence electrons. The molecular weight excluding hydrogens is 808 g/mol. The molecule has 0 aliphatic carbocycles. The number of carbonyl (C=O) groups is 5. The summed E-state index contributed by atoms with van der Waals surface area (Å²) in [5.41, 5.74) is 0. The van der Waals surface area contributed by atoms with Crippen molar-refractivity contribution in [3.63, 3.8) is 0 Å².